The van der Waals surface area contributed by atoms with E-state index in [0.717, 1.165) is 24.3 Å². The number of methoxy groups -OCH3 is 1. The van der Waals surface area contributed by atoms with Gasteiger partial charge < -0.3 is 14.6 Å². The molecule has 0 unspecified atom stereocenters. The minimum absolute atomic E-state index is 0.0218. The summed E-state index contributed by atoms with van der Waals surface area (Å²) in [6.45, 7) is 2.26. The Morgan fingerprint density at radius 1 is 0.800 bits per heavy atom. The number of hydrogen-bond donors (Lipinski definition) is 1. The molecule has 35 heavy (non-hydrogen) atoms. The van der Waals surface area contributed by atoms with Crippen LogP contribution in [0.5, 0.6) is 17.2 Å². The van der Waals surface area contributed by atoms with Crippen LogP contribution in [0, 0.1) is 0 Å². The number of benzene rings is 2. The zero-order valence-corrected chi connectivity index (χ0v) is 21.6. The average Bonchev–Trinajstić information content (AvgIpc) is 2.86. The van der Waals surface area contributed by atoms with Crippen LogP contribution in [0.2, 0.25) is 0 Å². The summed E-state index contributed by atoms with van der Waals surface area (Å²) in [6.07, 6.45) is 18.5. The van der Waals surface area contributed by atoms with Crippen molar-refractivity contribution in [3.8, 4) is 17.2 Å². The van der Waals surface area contributed by atoms with Gasteiger partial charge >= 0.3 is 5.97 Å². The van der Waals surface area contributed by atoms with Gasteiger partial charge in [0.25, 0.3) is 0 Å². The van der Waals surface area contributed by atoms with E-state index in [-0.39, 0.29) is 11.7 Å². The van der Waals surface area contributed by atoms with Gasteiger partial charge in [-0.15, -0.1) is 0 Å². The molecule has 0 spiro atoms. The Kier molecular flexibility index (Phi) is 14.3. The van der Waals surface area contributed by atoms with Gasteiger partial charge in [-0.2, -0.15) is 0 Å². The van der Waals surface area contributed by atoms with Crippen LogP contribution in [0.4, 0.5) is 5.69 Å². The highest BCUT2D eigenvalue weighted by Crippen LogP contribution is 2.24. The van der Waals surface area contributed by atoms with Gasteiger partial charge in [0.2, 0.25) is 0 Å². The highest BCUT2D eigenvalue weighted by Gasteiger charge is 2.07. The van der Waals surface area contributed by atoms with Crippen molar-refractivity contribution in [1.29, 1.82) is 0 Å². The zero-order valence-electron chi connectivity index (χ0n) is 21.6. The standard InChI is InChI=1S/C30H43NO4/c1-3-4-5-6-7-8-9-10-11-12-13-14-15-16-30(33)35-28-20-17-25(29(32)23-28)24-31-26-18-21-27(34-2)22-19-26/h17-24,32H,3-16H2,1-2H3. The number of carbonyl (C=O) groups excluding carboxylic acids is 1. The summed E-state index contributed by atoms with van der Waals surface area (Å²) in [5.41, 5.74) is 1.30. The minimum atomic E-state index is -0.257. The van der Waals surface area contributed by atoms with Crippen LogP contribution in [-0.2, 0) is 4.79 Å². The Balaban J connectivity index is 1.57. The maximum Gasteiger partial charge on any atom is 0.311 e. The van der Waals surface area contributed by atoms with E-state index >= 15 is 0 Å². The molecule has 0 fully saturated rings. The predicted molar refractivity (Wildman–Crippen MR) is 144 cm³/mol. The normalized spacial score (nSPS) is 11.1. The van der Waals surface area contributed by atoms with Crippen molar-refractivity contribution in [3.63, 3.8) is 0 Å². The number of carbonyl (C=O) groups is 1. The number of esters is 1. The van der Waals surface area contributed by atoms with Crippen molar-refractivity contribution in [2.24, 2.45) is 4.99 Å². The molecule has 5 heteroatoms. The number of aromatic hydroxyl groups is 1. The van der Waals surface area contributed by atoms with E-state index in [4.69, 9.17) is 9.47 Å². The summed E-state index contributed by atoms with van der Waals surface area (Å²) in [4.78, 5) is 16.5. The molecular formula is C30H43NO4. The molecule has 2 aromatic carbocycles. The lowest BCUT2D eigenvalue weighted by atomic mass is 10.0. The number of unbranched alkanes of at least 4 members (excludes halogenated alkanes) is 12. The number of hydrogen-bond acceptors (Lipinski definition) is 5. The number of phenolic OH excluding ortho intramolecular Hbond substituents is 1. The molecule has 2 rings (SSSR count). The summed E-state index contributed by atoms with van der Waals surface area (Å²) in [6, 6.07) is 12.1. The largest absolute Gasteiger partial charge is 0.507 e. The number of phenols is 1. The third-order valence-electron chi connectivity index (χ3n) is 6.14. The Morgan fingerprint density at radius 3 is 1.89 bits per heavy atom. The molecule has 5 nitrogen and oxygen atoms in total. The van der Waals surface area contributed by atoms with Gasteiger partial charge in [-0.25, -0.2) is 0 Å². The maximum absolute atomic E-state index is 12.1. The maximum atomic E-state index is 12.1. The lowest BCUT2D eigenvalue weighted by Crippen LogP contribution is -2.07. The van der Waals surface area contributed by atoms with E-state index in [2.05, 4.69) is 11.9 Å². The fourth-order valence-electron chi connectivity index (χ4n) is 3.98. The summed E-state index contributed by atoms with van der Waals surface area (Å²) >= 11 is 0. The first-order valence-corrected chi connectivity index (χ1v) is 13.3. The van der Waals surface area contributed by atoms with E-state index < -0.39 is 0 Å². The first-order valence-electron chi connectivity index (χ1n) is 13.3. The van der Waals surface area contributed by atoms with Gasteiger partial charge in [-0.05, 0) is 42.8 Å². The fourth-order valence-corrected chi connectivity index (χ4v) is 3.98. The van der Waals surface area contributed by atoms with Gasteiger partial charge in [0, 0.05) is 24.3 Å². The van der Waals surface area contributed by atoms with Crippen molar-refractivity contribution in [3.05, 3.63) is 48.0 Å². The zero-order chi connectivity index (χ0) is 25.1. The molecule has 0 heterocycles. The SMILES string of the molecule is CCCCCCCCCCCCCCCC(=O)Oc1ccc(C=Nc2ccc(OC)cc2)c(O)c1. The van der Waals surface area contributed by atoms with Gasteiger partial charge in [0.05, 0.1) is 12.8 Å². The average molecular weight is 482 g/mol. The number of aliphatic imine (C=N–C) groups is 1. The first-order chi connectivity index (χ1) is 17.1. The van der Waals surface area contributed by atoms with Crippen molar-refractivity contribution < 1.29 is 19.4 Å². The number of ether oxygens (including phenoxy) is 2. The molecule has 0 saturated carbocycles. The van der Waals surface area contributed by atoms with Crippen LogP contribution in [0.15, 0.2) is 47.5 Å². The third-order valence-corrected chi connectivity index (χ3v) is 6.14. The molecule has 192 valence electrons. The Morgan fingerprint density at radius 2 is 1.34 bits per heavy atom. The topological polar surface area (TPSA) is 68.1 Å². The molecule has 0 aliphatic rings. The molecule has 0 radical (unpaired) electrons. The van der Waals surface area contributed by atoms with Crippen molar-refractivity contribution >= 4 is 17.9 Å². The smallest absolute Gasteiger partial charge is 0.311 e. The van der Waals surface area contributed by atoms with Crippen LogP contribution in [0.3, 0.4) is 0 Å². The van der Waals surface area contributed by atoms with Crippen molar-refractivity contribution in [2.75, 3.05) is 7.11 Å². The molecule has 0 aliphatic heterocycles. The van der Waals surface area contributed by atoms with E-state index in [1.165, 1.54) is 76.7 Å². The lowest BCUT2D eigenvalue weighted by Gasteiger charge is -2.06. The second kappa shape index (κ2) is 17.6. The van der Waals surface area contributed by atoms with Crippen LogP contribution >= 0.6 is 0 Å². The van der Waals surface area contributed by atoms with E-state index in [9.17, 15) is 9.90 Å². The van der Waals surface area contributed by atoms with Gasteiger partial charge in [-0.3, -0.25) is 9.79 Å². The molecule has 2 aromatic rings. The highest BCUT2D eigenvalue weighted by atomic mass is 16.5. The summed E-state index contributed by atoms with van der Waals surface area (Å²) in [5, 5.41) is 10.3. The summed E-state index contributed by atoms with van der Waals surface area (Å²) < 4.78 is 10.5. The molecular weight excluding hydrogens is 438 g/mol. The van der Waals surface area contributed by atoms with E-state index in [1.54, 1.807) is 25.5 Å². The molecule has 0 amide bonds. The van der Waals surface area contributed by atoms with Gasteiger partial charge in [0.1, 0.15) is 17.2 Å². The highest BCUT2D eigenvalue weighted by molar-refractivity contribution is 5.86. The van der Waals surface area contributed by atoms with Crippen LogP contribution in [-0.4, -0.2) is 24.4 Å². The molecule has 0 bridgehead atoms. The molecule has 1 N–H and O–H groups in total. The Labute approximate surface area is 211 Å². The van der Waals surface area contributed by atoms with Gasteiger partial charge in [-0.1, -0.05) is 84.0 Å². The third kappa shape index (κ3) is 12.4. The summed E-state index contributed by atoms with van der Waals surface area (Å²) in [7, 11) is 1.62. The molecule has 0 saturated heterocycles. The van der Waals surface area contributed by atoms with E-state index in [1.807, 2.05) is 24.3 Å². The van der Waals surface area contributed by atoms with E-state index in [0.29, 0.717) is 17.7 Å². The Hall–Kier alpha value is -2.82. The number of rotatable bonds is 18. The van der Waals surface area contributed by atoms with Crippen molar-refractivity contribution in [1.82, 2.24) is 0 Å². The summed E-state index contributed by atoms with van der Waals surface area (Å²) in [5.74, 6) is 0.876. The minimum Gasteiger partial charge on any atom is -0.507 e. The van der Waals surface area contributed by atoms with Crippen molar-refractivity contribution in [2.45, 2.75) is 96.8 Å². The van der Waals surface area contributed by atoms with Gasteiger partial charge in [0.15, 0.2) is 0 Å². The fraction of sp³-hybridized carbons (Fsp3) is 0.533. The quantitative estimate of drug-likeness (QED) is 0.100. The van der Waals surface area contributed by atoms with Crippen LogP contribution < -0.4 is 9.47 Å². The Bertz CT molecular complexity index is 876. The van der Waals surface area contributed by atoms with Crippen LogP contribution in [0.1, 0.15) is 102 Å². The lowest BCUT2D eigenvalue weighted by molar-refractivity contribution is -0.134. The molecule has 0 aromatic heterocycles. The molecule has 0 aliphatic carbocycles. The second-order valence-corrected chi connectivity index (χ2v) is 9.14. The second-order valence-electron chi connectivity index (χ2n) is 9.14. The first kappa shape index (κ1) is 28.4. The molecule has 0 atom stereocenters. The predicted octanol–water partition coefficient (Wildman–Crippen LogP) is 8.54. The number of nitrogens with zero attached hydrogens (tertiary/aromatic N) is 1. The monoisotopic (exact) mass is 481 g/mol. The van der Waals surface area contributed by atoms with Crippen LogP contribution in [0.25, 0.3) is 0 Å².